The molecular formula is C87H102BBr4F7O28S. The number of carbonyl (C=O) groups excluding carboxylic acids is 6. The SMILES string of the molecule is BrB(Br)Br.CCOC(=O)/C=C1\CCc2cc(OC)c(F)cc21.CCOC(=O)CBr.CCOC(=O)CC1CCc2cc(O)c(F)cc21.CCOC(=O)CC1CCc2cc(OC)c(F)cc21.COc1cc(/C=C/C(=O)O)ccc1F.COc1cc(C=O)ccc1F.COc1cc(CCC(=O)O)ccc1F.COc1cc2c(cc1F)C(=O)CC2.CS(=O)(=O)O.O=C(O)CC(=O)O.[2HH].[2HH]. The van der Waals surface area contributed by atoms with E-state index in [-0.39, 0.29) is 106 Å². The van der Waals surface area contributed by atoms with Crippen LogP contribution in [0.3, 0.4) is 0 Å². The van der Waals surface area contributed by atoms with Crippen LogP contribution in [0.2, 0.25) is 0 Å². The molecule has 7 aromatic carbocycles. The average molecular weight is 2090 g/mol. The van der Waals surface area contributed by atoms with Gasteiger partial charge in [0.05, 0.1) is 88.2 Å². The second-order valence-electron chi connectivity index (χ2n) is 26.1. The lowest BCUT2D eigenvalue weighted by atomic mass is 9.97. The molecule has 7 aromatic rings. The van der Waals surface area contributed by atoms with E-state index in [2.05, 4.69) is 72.7 Å². The number of aromatic hydroxyl groups is 1. The molecule has 4 aliphatic rings. The summed E-state index contributed by atoms with van der Waals surface area (Å²) < 4.78 is 166. The fraction of sp³-hybridized carbons (Fsp3) is 0.356. The Morgan fingerprint density at radius 2 is 0.867 bits per heavy atom. The van der Waals surface area contributed by atoms with Crippen molar-refractivity contribution in [1.82, 2.24) is 0 Å². The molecule has 0 spiro atoms. The number of phenols is 1. The van der Waals surface area contributed by atoms with Crippen molar-refractivity contribution in [2.24, 2.45) is 0 Å². The van der Waals surface area contributed by atoms with Gasteiger partial charge in [-0.15, -0.1) is 47.3 Å². The van der Waals surface area contributed by atoms with E-state index in [4.69, 9.17) is 62.9 Å². The van der Waals surface area contributed by atoms with Gasteiger partial charge in [0.25, 0.3) is 10.1 Å². The number of aliphatic carboxylic acids is 4. The first-order chi connectivity index (χ1) is 60.3. The number of rotatable bonds is 24. The van der Waals surface area contributed by atoms with E-state index in [9.17, 15) is 92.2 Å². The van der Waals surface area contributed by atoms with Gasteiger partial charge in [0.1, 0.15) is 18.0 Å². The number of fused-ring (bicyclic) bond motifs is 4. The quantitative estimate of drug-likeness (QED) is 0.00377. The number of phenolic OH excluding ortho intramolecular Hbond substituents is 1. The lowest BCUT2D eigenvalue weighted by molar-refractivity contribution is -0.148. The number of benzene rings is 7. The number of methoxy groups -OCH3 is 6. The summed E-state index contributed by atoms with van der Waals surface area (Å²) in [6.07, 6.45) is 11.4. The zero-order chi connectivity index (χ0) is 97.1. The number of esters is 4. The smallest absolute Gasteiger partial charge is 0.369 e. The first-order valence-electron chi connectivity index (χ1n) is 38.2. The van der Waals surface area contributed by atoms with Crippen LogP contribution in [0.5, 0.6) is 40.2 Å². The monoisotopic (exact) mass is 2090 g/mol. The summed E-state index contributed by atoms with van der Waals surface area (Å²) in [7, 11) is 4.72. The van der Waals surface area contributed by atoms with E-state index in [0.717, 1.165) is 94.7 Å². The van der Waals surface area contributed by atoms with Crippen LogP contribution in [0.15, 0.2) is 115 Å². The minimum Gasteiger partial charge on any atom is -0.505 e. The molecule has 0 aromatic heterocycles. The van der Waals surface area contributed by atoms with Gasteiger partial charge in [-0.3, -0.25) is 42.9 Å². The summed E-state index contributed by atoms with van der Waals surface area (Å²) in [5.74, 6) is -7.98. The van der Waals surface area contributed by atoms with Gasteiger partial charge in [-0.05, 0) is 244 Å². The summed E-state index contributed by atoms with van der Waals surface area (Å²) in [6, 6.07) is 24.4. The maximum Gasteiger partial charge on any atom is 0.369 e. The Hall–Kier alpha value is -10.9. The van der Waals surface area contributed by atoms with Crippen LogP contribution < -0.4 is 28.4 Å². The van der Waals surface area contributed by atoms with Gasteiger partial charge in [0, 0.05) is 39.0 Å². The van der Waals surface area contributed by atoms with Gasteiger partial charge in [-0.2, -0.15) is 8.42 Å². The number of hydrogen-bond acceptors (Lipinski definition) is 23. The van der Waals surface area contributed by atoms with E-state index in [0.29, 0.717) is 86.7 Å². The molecule has 6 N–H and O–H groups in total. The molecule has 28 nitrogen and oxygen atoms in total. The lowest BCUT2D eigenvalue weighted by Crippen LogP contribution is -2.08. The van der Waals surface area contributed by atoms with Crippen molar-refractivity contribution in [3.05, 3.63) is 217 Å². The number of hydrogen-bond donors (Lipinski definition) is 6. The largest absolute Gasteiger partial charge is 0.505 e. The highest BCUT2D eigenvalue weighted by Crippen LogP contribution is 2.41. The number of alkyl halides is 1. The normalized spacial score (nSPS) is 13.1. The minimum atomic E-state index is -3.67. The number of carboxylic acids is 4. The van der Waals surface area contributed by atoms with Crippen molar-refractivity contribution >= 4 is 148 Å². The average Bonchev–Trinajstić information content (AvgIpc) is 1.67. The van der Waals surface area contributed by atoms with Crippen LogP contribution in [0.1, 0.15) is 165 Å². The Morgan fingerprint density at radius 3 is 1.28 bits per heavy atom. The van der Waals surface area contributed by atoms with Gasteiger partial charge in [-0.1, -0.05) is 28.1 Å². The Balaban J connectivity index is 0. The maximum absolute atomic E-state index is 13.7. The van der Waals surface area contributed by atoms with Gasteiger partial charge >= 0.3 is 50.9 Å². The molecule has 4 aliphatic carbocycles. The second-order valence-corrected chi connectivity index (χ2v) is 34.6. The highest BCUT2D eigenvalue weighted by atomic mass is 79.9. The Bertz CT molecular complexity index is 5030. The van der Waals surface area contributed by atoms with Crippen molar-refractivity contribution in [3.8, 4) is 40.2 Å². The standard InChI is InChI=1S/C14H17FO3.C14H15FO3.C13H15FO3.C10H11FO3.C10H9FO3.C10H9FO2.C8H7FO2.C4H7BrO2.C3H4O4.CH4O3S.BBr3.2H2/c2*1-3-18-14(16)7-10-5-4-9-6-13(17-2)12(15)8-11(9)10;1-2-17-13(16)6-9-4-3-8-5-12(15)11(14)7-10(8)9;2*1-14-9-6-7(2-4-8(9)11)3-5-10(12)13;1-13-10-4-6-2-3-9(12)7(6)5-8(10)11;1-11-8-4-6(5-10)2-3-7(8)9;1-2-7-4(6)3-5;4-2(5)1-3(6)7;1-5(2,3)4;2-1(3)4;;/h6,8,10H,3-5,7H2,1-2H3;6-8H,3-5H2,1-2H3;5,7,9,15H,2-4,6H2,1H3;2,4,6H,3,5H2,1H3,(H,12,13);2-6H,1H3,(H,12,13);4-5H,2-3H2,1H3;2-5H,1H3;2-3H2,1H3;1H2,(H,4,5)(H,6,7);1H3,(H,2,3,4);;2*1H/b;10-7+;;;5-3+;;;;;;;;/i;;;;;;;;;;;2*1+1. The number of carbonyl (C=O) groups is 10. The third-order valence-corrected chi connectivity index (χ3v) is 17.7. The molecule has 0 aliphatic heterocycles. The van der Waals surface area contributed by atoms with E-state index in [1.165, 1.54) is 134 Å². The number of carboxylic acid groups (broad SMARTS) is 4. The van der Waals surface area contributed by atoms with Gasteiger partial charge in [0.15, 0.2) is 86.8 Å². The lowest BCUT2D eigenvalue weighted by Gasteiger charge is -2.12. The molecule has 0 amide bonds. The molecule has 0 fully saturated rings. The highest BCUT2D eigenvalue weighted by molar-refractivity contribution is 9.69. The zero-order valence-electron chi connectivity index (χ0n) is 71.3. The van der Waals surface area contributed by atoms with E-state index < -0.39 is 75.3 Å². The Labute approximate surface area is 771 Å². The fourth-order valence-electron chi connectivity index (χ4n) is 11.7. The number of halogens is 11. The molecule has 0 bridgehead atoms. The molecule has 704 valence electrons. The molecular weight excluding hydrogens is 1990 g/mol. The highest BCUT2D eigenvalue weighted by Gasteiger charge is 2.30. The van der Waals surface area contributed by atoms with E-state index in [1.807, 2.05) is 0 Å². The van der Waals surface area contributed by atoms with Gasteiger partial charge in [-0.25, -0.2) is 40.3 Å². The Kier molecular flexibility index (Phi) is 55.4. The first kappa shape index (κ1) is 115. The van der Waals surface area contributed by atoms with Crippen LogP contribution in [0.25, 0.3) is 11.6 Å². The van der Waals surface area contributed by atoms with Crippen LogP contribution in [-0.4, -0.2) is 182 Å². The summed E-state index contributed by atoms with van der Waals surface area (Å²) in [6.45, 7) is 8.63. The maximum atomic E-state index is 13.7. The predicted octanol–water partition coefficient (Wildman–Crippen LogP) is 18.1. The number of ether oxygens (including phenoxy) is 10. The summed E-state index contributed by atoms with van der Waals surface area (Å²) in [5.41, 5.74) is 9.49. The van der Waals surface area contributed by atoms with Crippen molar-refractivity contribution in [1.29, 1.82) is 0 Å². The first-order valence-corrected chi connectivity index (χ1v) is 44.0. The summed E-state index contributed by atoms with van der Waals surface area (Å²) in [4.78, 5) is 105. The third kappa shape index (κ3) is 45.2. The van der Waals surface area contributed by atoms with Crippen molar-refractivity contribution in [3.63, 3.8) is 0 Å². The van der Waals surface area contributed by atoms with Crippen LogP contribution in [0, 0.1) is 40.7 Å². The predicted molar refractivity (Wildman–Crippen MR) is 479 cm³/mol. The number of ketones is 1. The van der Waals surface area contributed by atoms with Crippen molar-refractivity contribution < 1.29 is 167 Å². The van der Waals surface area contributed by atoms with Gasteiger partial charge < -0.3 is 72.9 Å². The molecule has 0 radical (unpaired) electrons. The van der Waals surface area contributed by atoms with E-state index >= 15 is 0 Å². The van der Waals surface area contributed by atoms with Crippen LogP contribution in [0.4, 0.5) is 30.7 Å². The second kappa shape index (κ2) is 61.6. The zero-order valence-corrected chi connectivity index (χ0v) is 78.5. The topological polar surface area (TPSA) is 419 Å². The van der Waals surface area contributed by atoms with Crippen LogP contribution >= 0.6 is 63.2 Å². The molecule has 0 saturated heterocycles. The number of aryl methyl sites for hydroxylation is 5. The minimum absolute atomic E-state index is 0. The molecule has 0 saturated carbocycles. The van der Waals surface area contributed by atoms with E-state index in [1.54, 1.807) is 52.0 Å². The molecule has 11 rings (SSSR count). The molecule has 2 unspecified atom stereocenters. The third-order valence-electron chi connectivity index (χ3n) is 17.2. The van der Waals surface area contributed by atoms with Gasteiger partial charge in [0.2, 0.25) is 0 Å². The van der Waals surface area contributed by atoms with Crippen LogP contribution in [-0.2, 0) is 99.5 Å². The number of aldehydes is 1. The Morgan fingerprint density at radius 1 is 0.484 bits per heavy atom. The number of Topliss-reactive ketones (excluding diaryl/α,β-unsaturated/α-hetero) is 1. The molecule has 2 atom stereocenters. The molecule has 128 heavy (non-hydrogen) atoms. The molecule has 41 heteroatoms. The fourth-order valence-corrected chi connectivity index (χ4v) is 11.9. The summed E-state index contributed by atoms with van der Waals surface area (Å²) in [5, 5.41) is 41.8. The molecule has 0 heterocycles. The summed E-state index contributed by atoms with van der Waals surface area (Å²) >= 11 is 12.3. The van der Waals surface area contributed by atoms with Crippen molar-refractivity contribution in [2.75, 3.05) is 80.7 Å². The number of allylic oxidation sites excluding steroid dienone is 1. The van der Waals surface area contributed by atoms with Crippen molar-refractivity contribution in [2.45, 2.75) is 123 Å².